The molecule has 0 bridgehead atoms. The van der Waals surface area contributed by atoms with E-state index in [2.05, 4.69) is 16.3 Å². The molecule has 2 aliphatic rings. The molecule has 0 saturated carbocycles. The summed E-state index contributed by atoms with van der Waals surface area (Å²) < 4.78 is 0. The summed E-state index contributed by atoms with van der Waals surface area (Å²) in [6.45, 7) is 2.07. The third-order valence-electron chi connectivity index (χ3n) is 3.17. The van der Waals surface area contributed by atoms with E-state index in [0.717, 1.165) is 25.9 Å². The van der Waals surface area contributed by atoms with Gasteiger partial charge in [0, 0.05) is 36.2 Å². The molecule has 0 spiro atoms. The van der Waals surface area contributed by atoms with Crippen molar-refractivity contribution in [3.05, 3.63) is 33.7 Å². The summed E-state index contributed by atoms with van der Waals surface area (Å²) >= 11 is 1.86. The molecular weight excluding hydrogens is 206 g/mol. The van der Waals surface area contributed by atoms with Crippen molar-refractivity contribution >= 4 is 17.1 Å². The van der Waals surface area contributed by atoms with Crippen LogP contribution in [0.5, 0.6) is 0 Å². The number of ketones is 1. The van der Waals surface area contributed by atoms with E-state index >= 15 is 0 Å². The lowest BCUT2D eigenvalue weighted by Gasteiger charge is -2.29. The fourth-order valence-electron chi connectivity index (χ4n) is 2.32. The van der Waals surface area contributed by atoms with E-state index in [-0.39, 0.29) is 0 Å². The topological polar surface area (TPSA) is 20.3 Å². The lowest BCUT2D eigenvalue weighted by Crippen LogP contribution is -2.28. The Morgan fingerprint density at radius 1 is 1.27 bits per heavy atom. The van der Waals surface area contributed by atoms with Crippen molar-refractivity contribution < 1.29 is 4.79 Å². The molecule has 15 heavy (non-hydrogen) atoms. The van der Waals surface area contributed by atoms with Crippen LogP contribution in [0.25, 0.3) is 0 Å². The van der Waals surface area contributed by atoms with Crippen molar-refractivity contribution in [3.8, 4) is 0 Å². The van der Waals surface area contributed by atoms with Gasteiger partial charge in [-0.15, -0.1) is 11.3 Å². The van der Waals surface area contributed by atoms with Gasteiger partial charge in [0.15, 0.2) is 5.78 Å². The maximum atomic E-state index is 11.2. The molecule has 0 radical (unpaired) electrons. The zero-order chi connectivity index (χ0) is 10.3. The lowest BCUT2D eigenvalue weighted by molar-refractivity contribution is -0.114. The molecule has 0 unspecified atom stereocenters. The molecule has 0 N–H and O–H groups in total. The summed E-state index contributed by atoms with van der Waals surface area (Å²) in [4.78, 5) is 15.1. The first-order valence-corrected chi connectivity index (χ1v) is 6.24. The number of carbonyl (C=O) groups excluding carboxylic acids is 1. The van der Waals surface area contributed by atoms with E-state index in [1.807, 2.05) is 17.4 Å². The van der Waals surface area contributed by atoms with Gasteiger partial charge in [-0.1, -0.05) is 0 Å². The Bertz CT molecular complexity index is 433. The van der Waals surface area contributed by atoms with Crippen molar-refractivity contribution in [1.29, 1.82) is 0 Å². The third kappa shape index (κ3) is 1.61. The Morgan fingerprint density at radius 3 is 3.00 bits per heavy atom. The van der Waals surface area contributed by atoms with Crippen LogP contribution in [0.1, 0.15) is 23.3 Å². The van der Waals surface area contributed by atoms with Crippen LogP contribution in [0, 0.1) is 0 Å². The molecule has 0 fully saturated rings. The summed E-state index contributed by atoms with van der Waals surface area (Å²) in [5.74, 6) is 0.293. The molecule has 78 valence electrons. The summed E-state index contributed by atoms with van der Waals surface area (Å²) in [6.07, 6.45) is 4.62. The molecule has 0 aromatic carbocycles. The van der Waals surface area contributed by atoms with Crippen molar-refractivity contribution in [2.24, 2.45) is 0 Å². The molecular formula is C12H13NOS. The Kier molecular flexibility index (Phi) is 2.13. The number of hydrogen-bond donors (Lipinski definition) is 0. The number of fused-ring (bicyclic) bond motifs is 1. The van der Waals surface area contributed by atoms with Crippen LogP contribution in [0.2, 0.25) is 0 Å². The third-order valence-corrected chi connectivity index (χ3v) is 4.19. The van der Waals surface area contributed by atoms with E-state index in [0.29, 0.717) is 12.2 Å². The van der Waals surface area contributed by atoms with Gasteiger partial charge in [-0.25, -0.2) is 0 Å². The van der Waals surface area contributed by atoms with Crippen LogP contribution in [-0.2, 0) is 17.8 Å². The minimum Gasteiger partial charge on any atom is -0.370 e. The normalized spacial score (nSPS) is 20.4. The zero-order valence-electron chi connectivity index (χ0n) is 8.53. The number of nitrogens with zero attached hydrogens (tertiary/aromatic N) is 1. The van der Waals surface area contributed by atoms with Gasteiger partial charge >= 0.3 is 0 Å². The van der Waals surface area contributed by atoms with Gasteiger partial charge in [-0.2, -0.15) is 0 Å². The van der Waals surface area contributed by atoms with Crippen LogP contribution < -0.4 is 0 Å². The second-order valence-electron chi connectivity index (χ2n) is 4.14. The van der Waals surface area contributed by atoms with E-state index in [1.165, 1.54) is 16.1 Å². The van der Waals surface area contributed by atoms with Gasteiger partial charge in [-0.3, -0.25) is 4.79 Å². The van der Waals surface area contributed by atoms with E-state index < -0.39 is 0 Å². The van der Waals surface area contributed by atoms with Crippen molar-refractivity contribution in [1.82, 2.24) is 4.90 Å². The Hall–Kier alpha value is -1.09. The predicted molar refractivity (Wildman–Crippen MR) is 60.8 cm³/mol. The molecule has 0 atom stereocenters. The van der Waals surface area contributed by atoms with Gasteiger partial charge in [0.2, 0.25) is 0 Å². The highest BCUT2D eigenvalue weighted by molar-refractivity contribution is 7.10. The van der Waals surface area contributed by atoms with Crippen LogP contribution in [0.4, 0.5) is 0 Å². The van der Waals surface area contributed by atoms with Gasteiger partial charge in [0.1, 0.15) is 0 Å². The number of allylic oxidation sites excluding steroid dienone is 2. The SMILES string of the molecule is O=C1C=C(N2CCc3sccc3C2)CC1. The van der Waals surface area contributed by atoms with Crippen LogP contribution in [0.3, 0.4) is 0 Å². The highest BCUT2D eigenvalue weighted by Crippen LogP contribution is 2.29. The van der Waals surface area contributed by atoms with Crippen LogP contribution in [-0.4, -0.2) is 17.2 Å². The van der Waals surface area contributed by atoms with Crippen molar-refractivity contribution in [3.63, 3.8) is 0 Å². The van der Waals surface area contributed by atoms with Gasteiger partial charge < -0.3 is 4.90 Å². The van der Waals surface area contributed by atoms with E-state index in [4.69, 9.17) is 0 Å². The van der Waals surface area contributed by atoms with E-state index in [1.54, 1.807) is 0 Å². The number of carbonyl (C=O) groups is 1. The molecule has 1 aromatic rings. The summed E-state index contributed by atoms with van der Waals surface area (Å²) in [5.41, 5.74) is 2.70. The number of hydrogen-bond acceptors (Lipinski definition) is 3. The molecule has 0 amide bonds. The maximum Gasteiger partial charge on any atom is 0.157 e. The first-order chi connectivity index (χ1) is 7.33. The fraction of sp³-hybridized carbons (Fsp3) is 0.417. The molecule has 3 rings (SSSR count). The molecule has 3 heteroatoms. The van der Waals surface area contributed by atoms with E-state index in [9.17, 15) is 4.79 Å². The number of thiophene rings is 1. The minimum atomic E-state index is 0.293. The molecule has 0 saturated heterocycles. The predicted octanol–water partition coefficient (Wildman–Crippen LogP) is 2.35. The summed E-state index contributed by atoms with van der Waals surface area (Å²) in [5, 5.41) is 2.17. The van der Waals surface area contributed by atoms with Gasteiger partial charge in [0.05, 0.1) is 0 Å². The van der Waals surface area contributed by atoms with Crippen molar-refractivity contribution in [2.75, 3.05) is 6.54 Å². The van der Waals surface area contributed by atoms with Crippen molar-refractivity contribution in [2.45, 2.75) is 25.8 Å². The average molecular weight is 219 g/mol. The standard InChI is InChI=1S/C12H13NOS/c14-11-2-1-10(7-11)13-5-3-12-9(8-13)4-6-15-12/h4,6-7H,1-3,5,8H2. The lowest BCUT2D eigenvalue weighted by atomic mass is 10.1. The molecule has 1 aliphatic heterocycles. The quantitative estimate of drug-likeness (QED) is 0.722. The molecule has 1 aliphatic carbocycles. The monoisotopic (exact) mass is 219 g/mol. The van der Waals surface area contributed by atoms with Crippen LogP contribution >= 0.6 is 11.3 Å². The number of rotatable bonds is 1. The minimum absolute atomic E-state index is 0.293. The van der Waals surface area contributed by atoms with Crippen LogP contribution in [0.15, 0.2) is 23.2 Å². The smallest absolute Gasteiger partial charge is 0.157 e. The fourth-order valence-corrected chi connectivity index (χ4v) is 3.21. The first kappa shape index (κ1) is 9.16. The average Bonchev–Trinajstić information content (AvgIpc) is 2.84. The highest BCUT2D eigenvalue weighted by Gasteiger charge is 2.22. The Morgan fingerprint density at radius 2 is 2.20 bits per heavy atom. The maximum absolute atomic E-state index is 11.2. The van der Waals surface area contributed by atoms with Gasteiger partial charge in [0.25, 0.3) is 0 Å². The van der Waals surface area contributed by atoms with Gasteiger partial charge in [-0.05, 0) is 29.9 Å². The summed E-state index contributed by atoms with van der Waals surface area (Å²) in [7, 11) is 0. The second-order valence-corrected chi connectivity index (χ2v) is 5.14. The summed E-state index contributed by atoms with van der Waals surface area (Å²) in [6, 6.07) is 2.21. The Labute approximate surface area is 93.2 Å². The first-order valence-electron chi connectivity index (χ1n) is 5.36. The zero-order valence-corrected chi connectivity index (χ0v) is 9.35. The molecule has 2 heterocycles. The highest BCUT2D eigenvalue weighted by atomic mass is 32.1. The molecule has 2 nitrogen and oxygen atoms in total. The Balaban J connectivity index is 1.81. The largest absolute Gasteiger partial charge is 0.370 e. The molecule has 1 aromatic heterocycles. The second kappa shape index (κ2) is 3.49.